The molecule has 0 spiro atoms. The Bertz CT molecular complexity index is 463. The van der Waals surface area contributed by atoms with Crippen molar-refractivity contribution in [3.8, 4) is 5.75 Å². The van der Waals surface area contributed by atoms with Crippen LogP contribution in [0.4, 0.5) is 4.39 Å². The molecule has 1 rings (SSSR count). The summed E-state index contributed by atoms with van der Waals surface area (Å²) in [5.74, 6) is -3.44. The molecule has 0 bridgehead atoms. The minimum absolute atomic E-state index is 0.183. The number of carbonyl (C=O) groups is 2. The quantitative estimate of drug-likeness (QED) is 0.598. The van der Waals surface area contributed by atoms with Gasteiger partial charge in [-0.2, -0.15) is 0 Å². The zero-order chi connectivity index (χ0) is 13.7. The summed E-state index contributed by atoms with van der Waals surface area (Å²) in [6.07, 6.45) is -0.183. The molecular formula is C11H12FNO5. The number of amides is 1. The highest BCUT2D eigenvalue weighted by Gasteiger charge is 2.21. The second-order valence-electron chi connectivity index (χ2n) is 3.54. The zero-order valence-electron chi connectivity index (χ0n) is 9.26. The van der Waals surface area contributed by atoms with Crippen LogP contribution in [0.15, 0.2) is 18.2 Å². The number of carbonyl (C=O) groups excluding carboxylic acids is 1. The number of phenolic OH excluding ortho intramolecular Hbond substituents is 1. The SMILES string of the molecule is O=C(N[C@@H](CCO)C(=O)O)c1cc(F)ccc1O. The third-order valence-electron chi connectivity index (χ3n) is 2.22. The van der Waals surface area contributed by atoms with Crippen molar-refractivity contribution in [2.75, 3.05) is 6.61 Å². The van der Waals surface area contributed by atoms with E-state index in [1.54, 1.807) is 0 Å². The topological polar surface area (TPSA) is 107 Å². The maximum absolute atomic E-state index is 12.9. The van der Waals surface area contributed by atoms with Gasteiger partial charge in [0.2, 0.25) is 0 Å². The summed E-state index contributed by atoms with van der Waals surface area (Å²) in [6, 6.07) is 1.45. The average Bonchev–Trinajstić information content (AvgIpc) is 2.31. The first-order chi connectivity index (χ1) is 8.45. The van der Waals surface area contributed by atoms with Gasteiger partial charge in [-0.3, -0.25) is 4.79 Å². The Morgan fingerprint density at radius 2 is 2.06 bits per heavy atom. The Labute approximate surface area is 102 Å². The van der Waals surface area contributed by atoms with Gasteiger partial charge in [-0.1, -0.05) is 0 Å². The number of aromatic hydroxyl groups is 1. The van der Waals surface area contributed by atoms with Gasteiger partial charge >= 0.3 is 5.97 Å². The number of carboxylic acid groups (broad SMARTS) is 1. The fraction of sp³-hybridized carbons (Fsp3) is 0.273. The number of rotatable bonds is 5. The lowest BCUT2D eigenvalue weighted by Gasteiger charge is -2.13. The third-order valence-corrected chi connectivity index (χ3v) is 2.22. The lowest BCUT2D eigenvalue weighted by atomic mass is 10.1. The standard InChI is InChI=1S/C11H12FNO5/c12-6-1-2-9(15)7(5-6)10(16)13-8(3-4-14)11(17)18/h1-2,5,8,14-15H,3-4H2,(H,13,16)(H,17,18)/t8-/m0/s1. The van der Waals surface area contributed by atoms with E-state index in [1.165, 1.54) is 0 Å². The van der Waals surface area contributed by atoms with Gasteiger partial charge in [0.25, 0.3) is 5.91 Å². The van der Waals surface area contributed by atoms with Crippen molar-refractivity contribution in [1.82, 2.24) is 5.32 Å². The maximum Gasteiger partial charge on any atom is 0.326 e. The first-order valence-corrected chi connectivity index (χ1v) is 5.08. The normalized spacial score (nSPS) is 11.9. The molecule has 0 saturated heterocycles. The van der Waals surface area contributed by atoms with Crippen LogP contribution in [0.2, 0.25) is 0 Å². The molecule has 7 heteroatoms. The number of aliphatic carboxylic acids is 1. The number of benzene rings is 1. The summed E-state index contributed by atoms with van der Waals surface area (Å²) >= 11 is 0. The summed E-state index contributed by atoms with van der Waals surface area (Å²) in [5, 5.41) is 28.8. The van der Waals surface area contributed by atoms with Crippen molar-refractivity contribution in [3.63, 3.8) is 0 Å². The minimum atomic E-state index is -1.33. The molecule has 0 fully saturated rings. The third kappa shape index (κ3) is 3.42. The molecule has 1 aromatic carbocycles. The maximum atomic E-state index is 12.9. The van der Waals surface area contributed by atoms with Gasteiger partial charge in [0, 0.05) is 13.0 Å². The van der Waals surface area contributed by atoms with E-state index in [1.807, 2.05) is 0 Å². The van der Waals surface area contributed by atoms with Crippen molar-refractivity contribution in [2.45, 2.75) is 12.5 Å². The van der Waals surface area contributed by atoms with Crippen molar-refractivity contribution in [3.05, 3.63) is 29.6 Å². The van der Waals surface area contributed by atoms with E-state index < -0.39 is 36.1 Å². The molecule has 0 unspecified atom stereocenters. The molecule has 1 aromatic rings. The Morgan fingerprint density at radius 1 is 1.39 bits per heavy atom. The molecule has 0 saturated carbocycles. The second kappa shape index (κ2) is 5.97. The van der Waals surface area contributed by atoms with Crippen molar-refractivity contribution < 1.29 is 29.3 Å². The van der Waals surface area contributed by atoms with Crippen LogP contribution in [0.1, 0.15) is 16.8 Å². The van der Waals surface area contributed by atoms with E-state index in [0.29, 0.717) is 0 Å². The molecule has 0 aliphatic rings. The highest BCUT2D eigenvalue weighted by Crippen LogP contribution is 2.17. The number of halogens is 1. The highest BCUT2D eigenvalue weighted by atomic mass is 19.1. The van der Waals surface area contributed by atoms with E-state index in [2.05, 4.69) is 5.32 Å². The molecule has 0 aromatic heterocycles. The number of hydrogen-bond donors (Lipinski definition) is 4. The summed E-state index contributed by atoms with van der Waals surface area (Å²) in [6.45, 7) is -0.424. The van der Waals surface area contributed by atoms with Crippen LogP contribution in [0.5, 0.6) is 5.75 Å². The van der Waals surface area contributed by atoms with Crippen molar-refractivity contribution >= 4 is 11.9 Å². The molecule has 1 atom stereocenters. The molecule has 0 heterocycles. The van der Waals surface area contributed by atoms with Gasteiger partial charge in [-0.15, -0.1) is 0 Å². The van der Waals surface area contributed by atoms with Crippen LogP contribution in [0.3, 0.4) is 0 Å². The number of nitrogens with one attached hydrogen (secondary N) is 1. The number of aliphatic hydroxyl groups excluding tert-OH is 1. The minimum Gasteiger partial charge on any atom is -0.507 e. The van der Waals surface area contributed by atoms with Crippen molar-refractivity contribution in [1.29, 1.82) is 0 Å². The molecule has 4 N–H and O–H groups in total. The van der Waals surface area contributed by atoms with Gasteiger partial charge < -0.3 is 20.6 Å². The van der Waals surface area contributed by atoms with Crippen molar-refractivity contribution in [2.24, 2.45) is 0 Å². The van der Waals surface area contributed by atoms with Crippen LogP contribution in [-0.4, -0.2) is 39.8 Å². The van der Waals surface area contributed by atoms with Crippen LogP contribution in [-0.2, 0) is 4.79 Å². The van der Waals surface area contributed by atoms with E-state index >= 15 is 0 Å². The van der Waals surface area contributed by atoms with Gasteiger partial charge in [0.1, 0.15) is 17.6 Å². The smallest absolute Gasteiger partial charge is 0.326 e. The Kier molecular flexibility index (Phi) is 4.61. The summed E-state index contributed by atoms with van der Waals surface area (Å²) in [4.78, 5) is 22.4. The highest BCUT2D eigenvalue weighted by molar-refractivity contribution is 5.98. The number of aliphatic hydroxyl groups is 1. The van der Waals surface area contributed by atoms with E-state index in [9.17, 15) is 19.1 Å². The van der Waals surface area contributed by atoms with Gasteiger partial charge in [0.15, 0.2) is 0 Å². The lowest BCUT2D eigenvalue weighted by molar-refractivity contribution is -0.139. The predicted octanol–water partition coefficient (Wildman–Crippen LogP) is 0.0967. The van der Waals surface area contributed by atoms with E-state index in [-0.39, 0.29) is 12.0 Å². The molecule has 98 valence electrons. The molecule has 1 amide bonds. The van der Waals surface area contributed by atoms with Crippen LogP contribution in [0.25, 0.3) is 0 Å². The molecule has 0 radical (unpaired) electrons. The van der Waals surface area contributed by atoms with Crippen LogP contribution >= 0.6 is 0 Å². The summed E-state index contributed by atoms with van der Waals surface area (Å²) < 4.78 is 12.9. The molecule has 0 aliphatic heterocycles. The second-order valence-corrected chi connectivity index (χ2v) is 3.54. The van der Waals surface area contributed by atoms with Crippen LogP contribution < -0.4 is 5.32 Å². The molecule has 18 heavy (non-hydrogen) atoms. The fourth-order valence-electron chi connectivity index (χ4n) is 1.31. The van der Waals surface area contributed by atoms with E-state index in [0.717, 1.165) is 18.2 Å². The largest absolute Gasteiger partial charge is 0.507 e. The Morgan fingerprint density at radius 3 is 2.61 bits per heavy atom. The molecule has 0 aliphatic carbocycles. The monoisotopic (exact) mass is 257 g/mol. The Hall–Kier alpha value is -2.15. The summed E-state index contributed by atoms with van der Waals surface area (Å²) in [5.41, 5.74) is -0.362. The first-order valence-electron chi connectivity index (χ1n) is 5.08. The molecular weight excluding hydrogens is 245 g/mol. The van der Waals surface area contributed by atoms with E-state index in [4.69, 9.17) is 10.2 Å². The number of carboxylic acids is 1. The van der Waals surface area contributed by atoms with Gasteiger partial charge in [-0.25, -0.2) is 9.18 Å². The average molecular weight is 257 g/mol. The fourth-order valence-corrected chi connectivity index (χ4v) is 1.31. The number of hydrogen-bond acceptors (Lipinski definition) is 4. The van der Waals surface area contributed by atoms with Crippen LogP contribution in [0, 0.1) is 5.82 Å². The Balaban J connectivity index is 2.86. The zero-order valence-corrected chi connectivity index (χ0v) is 9.26. The number of phenols is 1. The lowest BCUT2D eigenvalue weighted by Crippen LogP contribution is -2.41. The van der Waals surface area contributed by atoms with Gasteiger partial charge in [0.05, 0.1) is 5.56 Å². The summed E-state index contributed by atoms with van der Waals surface area (Å²) in [7, 11) is 0. The molecule has 6 nitrogen and oxygen atoms in total. The predicted molar refractivity (Wildman–Crippen MR) is 58.7 cm³/mol. The first kappa shape index (κ1) is 13.9. The van der Waals surface area contributed by atoms with Gasteiger partial charge in [-0.05, 0) is 18.2 Å².